The number of aromatic nitrogens is 2. The lowest BCUT2D eigenvalue weighted by Gasteiger charge is -2.59. The summed E-state index contributed by atoms with van der Waals surface area (Å²) in [5.74, 6) is 0.954. The summed E-state index contributed by atoms with van der Waals surface area (Å²) < 4.78 is 38.1. The Morgan fingerprint density at radius 2 is 1.74 bits per heavy atom. The third-order valence-corrected chi connectivity index (χ3v) is 4.95. The molecule has 120 valence electrons. The largest absolute Gasteiger partial charge is 0.433 e. The zero-order valence-corrected chi connectivity index (χ0v) is 12.4. The molecule has 2 aromatic rings. The van der Waals surface area contributed by atoms with E-state index in [0.717, 1.165) is 38.3 Å². The van der Waals surface area contributed by atoms with Crippen molar-refractivity contribution in [1.29, 1.82) is 0 Å². The quantitative estimate of drug-likeness (QED) is 0.841. The number of benzene rings is 1. The molecule has 0 atom stereocenters. The fraction of sp³-hybridized carbons (Fsp3) is 0.412. The summed E-state index contributed by atoms with van der Waals surface area (Å²) in [6.07, 6.45) is -1.22. The molecule has 1 aromatic carbocycles. The van der Waals surface area contributed by atoms with E-state index in [1.165, 1.54) is 5.56 Å². The minimum Gasteiger partial charge on any atom is -0.355 e. The van der Waals surface area contributed by atoms with Crippen LogP contribution in [0.2, 0.25) is 0 Å². The molecule has 1 aliphatic heterocycles. The van der Waals surface area contributed by atoms with E-state index in [0.29, 0.717) is 11.7 Å². The Hall–Kier alpha value is -2.11. The number of rotatable bonds is 2. The first-order valence-electron chi connectivity index (χ1n) is 7.64. The van der Waals surface area contributed by atoms with Crippen LogP contribution in [0.25, 0.3) is 0 Å². The van der Waals surface area contributed by atoms with Crippen LogP contribution >= 0.6 is 0 Å². The van der Waals surface area contributed by atoms with Crippen molar-refractivity contribution in [2.45, 2.75) is 24.9 Å². The van der Waals surface area contributed by atoms with Gasteiger partial charge in [0.1, 0.15) is 17.8 Å². The van der Waals surface area contributed by atoms with Crippen LogP contribution in [0, 0.1) is 5.41 Å². The van der Waals surface area contributed by atoms with E-state index in [-0.39, 0.29) is 5.41 Å². The standard InChI is InChI=1S/C17H16F3N3/c18-17(19,20)14-6-15(22-11-21-14)23-9-16(10-23)7-13(8-16)12-4-2-1-3-5-12/h1-6,11,13H,7-10H2. The summed E-state index contributed by atoms with van der Waals surface area (Å²) >= 11 is 0. The first-order valence-corrected chi connectivity index (χ1v) is 7.64. The van der Waals surface area contributed by atoms with Gasteiger partial charge in [0.05, 0.1) is 0 Å². The highest BCUT2D eigenvalue weighted by Gasteiger charge is 2.53. The molecule has 1 aliphatic carbocycles. The maximum atomic E-state index is 12.7. The lowest BCUT2D eigenvalue weighted by molar-refractivity contribution is -0.141. The first kappa shape index (κ1) is 14.5. The SMILES string of the molecule is FC(F)(F)c1cc(N2CC3(CC(c4ccccc4)C3)C2)ncn1. The smallest absolute Gasteiger partial charge is 0.355 e. The number of hydrogen-bond acceptors (Lipinski definition) is 3. The molecule has 0 N–H and O–H groups in total. The van der Waals surface area contributed by atoms with Crippen LogP contribution in [0.5, 0.6) is 0 Å². The molecule has 6 heteroatoms. The van der Waals surface area contributed by atoms with Crippen molar-refractivity contribution in [2.24, 2.45) is 5.41 Å². The summed E-state index contributed by atoms with van der Waals surface area (Å²) in [5.41, 5.74) is 0.737. The molecule has 4 rings (SSSR count). The monoisotopic (exact) mass is 319 g/mol. The maximum Gasteiger partial charge on any atom is 0.433 e. The Balaban J connectivity index is 1.40. The third kappa shape index (κ3) is 2.56. The van der Waals surface area contributed by atoms with Crippen molar-refractivity contribution < 1.29 is 13.2 Å². The van der Waals surface area contributed by atoms with Gasteiger partial charge in [-0.05, 0) is 24.3 Å². The highest BCUT2D eigenvalue weighted by atomic mass is 19.4. The van der Waals surface area contributed by atoms with Crippen LogP contribution in [0.15, 0.2) is 42.7 Å². The van der Waals surface area contributed by atoms with E-state index < -0.39 is 11.9 Å². The Labute approximate surface area is 132 Å². The van der Waals surface area contributed by atoms with Gasteiger partial charge in [0.2, 0.25) is 0 Å². The molecule has 2 aliphatic rings. The van der Waals surface area contributed by atoms with Crippen LogP contribution < -0.4 is 4.90 Å². The van der Waals surface area contributed by atoms with Crippen LogP contribution in [-0.2, 0) is 6.18 Å². The van der Waals surface area contributed by atoms with E-state index in [1.807, 2.05) is 23.1 Å². The second-order valence-electron chi connectivity index (χ2n) is 6.63. The molecule has 0 radical (unpaired) electrons. The van der Waals surface area contributed by atoms with E-state index in [1.54, 1.807) is 0 Å². The normalized spacial score (nSPS) is 20.2. The molecule has 1 saturated heterocycles. The van der Waals surface area contributed by atoms with Crippen LogP contribution in [0.3, 0.4) is 0 Å². The van der Waals surface area contributed by atoms with Crippen molar-refractivity contribution in [3.8, 4) is 0 Å². The summed E-state index contributed by atoms with van der Waals surface area (Å²) in [6, 6.07) is 11.4. The zero-order chi connectivity index (χ0) is 16.1. The fourth-order valence-electron chi connectivity index (χ4n) is 3.81. The molecule has 1 aromatic heterocycles. The molecule has 2 fully saturated rings. The maximum absolute atomic E-state index is 12.7. The molecule has 3 nitrogen and oxygen atoms in total. The molecule has 0 amide bonds. The van der Waals surface area contributed by atoms with Crippen molar-refractivity contribution in [2.75, 3.05) is 18.0 Å². The molecule has 0 unspecified atom stereocenters. The van der Waals surface area contributed by atoms with E-state index in [2.05, 4.69) is 22.1 Å². The minimum absolute atomic E-state index is 0.254. The molecule has 1 saturated carbocycles. The van der Waals surface area contributed by atoms with Crippen molar-refractivity contribution in [3.63, 3.8) is 0 Å². The molecule has 2 heterocycles. The molecular weight excluding hydrogens is 303 g/mol. The Bertz CT molecular complexity index is 701. The van der Waals surface area contributed by atoms with Gasteiger partial charge in [0.15, 0.2) is 0 Å². The fourth-order valence-corrected chi connectivity index (χ4v) is 3.81. The summed E-state index contributed by atoms with van der Waals surface area (Å²) in [6.45, 7) is 1.56. The first-order chi connectivity index (χ1) is 11.0. The van der Waals surface area contributed by atoms with E-state index in [9.17, 15) is 13.2 Å². The van der Waals surface area contributed by atoms with Gasteiger partial charge in [-0.3, -0.25) is 0 Å². The number of anilines is 1. The van der Waals surface area contributed by atoms with Crippen molar-refractivity contribution >= 4 is 5.82 Å². The second-order valence-corrected chi connectivity index (χ2v) is 6.63. The van der Waals surface area contributed by atoms with Gasteiger partial charge in [-0.2, -0.15) is 13.2 Å². The highest BCUT2D eigenvalue weighted by molar-refractivity contribution is 5.45. The van der Waals surface area contributed by atoms with Gasteiger partial charge in [-0.25, -0.2) is 9.97 Å². The van der Waals surface area contributed by atoms with Crippen molar-refractivity contribution in [1.82, 2.24) is 9.97 Å². The van der Waals surface area contributed by atoms with E-state index in [4.69, 9.17) is 0 Å². The average molecular weight is 319 g/mol. The van der Waals surface area contributed by atoms with Gasteiger partial charge in [0.25, 0.3) is 0 Å². The van der Waals surface area contributed by atoms with Gasteiger partial charge >= 0.3 is 6.18 Å². The van der Waals surface area contributed by atoms with Gasteiger partial charge in [-0.1, -0.05) is 30.3 Å². The van der Waals surface area contributed by atoms with Gasteiger partial charge in [0, 0.05) is 24.6 Å². The molecule has 1 spiro atoms. The second kappa shape index (κ2) is 4.94. The number of halogens is 3. The predicted octanol–water partition coefficient (Wildman–Crippen LogP) is 3.88. The Kier molecular flexibility index (Phi) is 3.11. The van der Waals surface area contributed by atoms with Crippen LogP contribution in [-0.4, -0.2) is 23.1 Å². The molecule has 0 bridgehead atoms. The lowest BCUT2D eigenvalue weighted by atomic mass is 9.56. The number of hydrogen-bond donors (Lipinski definition) is 0. The third-order valence-electron chi connectivity index (χ3n) is 4.95. The topological polar surface area (TPSA) is 29.0 Å². The van der Waals surface area contributed by atoms with Crippen LogP contribution in [0.1, 0.15) is 30.0 Å². The summed E-state index contributed by atoms with van der Waals surface area (Å²) in [7, 11) is 0. The van der Waals surface area contributed by atoms with Crippen LogP contribution in [0.4, 0.5) is 19.0 Å². The number of alkyl halides is 3. The average Bonchev–Trinajstić information content (AvgIpc) is 2.45. The Morgan fingerprint density at radius 3 is 2.39 bits per heavy atom. The van der Waals surface area contributed by atoms with Gasteiger partial charge < -0.3 is 4.90 Å². The van der Waals surface area contributed by atoms with Crippen molar-refractivity contribution in [3.05, 3.63) is 54.0 Å². The summed E-state index contributed by atoms with van der Waals surface area (Å²) in [5, 5.41) is 0. The predicted molar refractivity (Wildman–Crippen MR) is 80.1 cm³/mol. The number of nitrogens with zero attached hydrogens (tertiary/aromatic N) is 3. The Morgan fingerprint density at radius 1 is 1.04 bits per heavy atom. The lowest BCUT2D eigenvalue weighted by Crippen LogP contribution is -2.62. The van der Waals surface area contributed by atoms with Gasteiger partial charge in [-0.15, -0.1) is 0 Å². The minimum atomic E-state index is -4.42. The van der Waals surface area contributed by atoms with E-state index >= 15 is 0 Å². The highest BCUT2D eigenvalue weighted by Crippen LogP contribution is 2.56. The zero-order valence-electron chi connectivity index (χ0n) is 12.4. The summed E-state index contributed by atoms with van der Waals surface area (Å²) in [4.78, 5) is 9.22. The molecular formula is C17H16F3N3. The molecule has 23 heavy (non-hydrogen) atoms.